The fourth-order valence-corrected chi connectivity index (χ4v) is 1.75. The van der Waals surface area contributed by atoms with Crippen LogP contribution in [-0.2, 0) is 4.79 Å². The average molecular weight is 267 g/mol. The molecular weight excluding hydrogens is 245 g/mol. The summed E-state index contributed by atoms with van der Waals surface area (Å²) in [7, 11) is 0. The Morgan fingerprint density at radius 1 is 1.42 bits per heavy atom. The molecule has 3 N–H and O–H groups in total. The van der Waals surface area contributed by atoms with Gasteiger partial charge in [0.1, 0.15) is 5.82 Å². The van der Waals surface area contributed by atoms with Crippen molar-refractivity contribution in [1.82, 2.24) is 4.90 Å². The first-order valence-electron chi connectivity index (χ1n) is 6.53. The van der Waals surface area contributed by atoms with E-state index < -0.39 is 5.82 Å². The third kappa shape index (κ3) is 5.36. The minimum absolute atomic E-state index is 0.212. The summed E-state index contributed by atoms with van der Waals surface area (Å²) in [6.45, 7) is 5.64. The largest absolute Gasteiger partial charge is 0.330 e. The van der Waals surface area contributed by atoms with E-state index in [1.165, 1.54) is 6.07 Å². The summed E-state index contributed by atoms with van der Waals surface area (Å²) in [5, 5.41) is 2.59. The van der Waals surface area contributed by atoms with Gasteiger partial charge in [0, 0.05) is 12.6 Å². The van der Waals surface area contributed by atoms with Crippen molar-refractivity contribution >= 4 is 11.6 Å². The Balaban J connectivity index is 2.55. The van der Waals surface area contributed by atoms with Gasteiger partial charge in [-0.25, -0.2) is 4.39 Å². The van der Waals surface area contributed by atoms with Crippen LogP contribution in [0.3, 0.4) is 0 Å². The Bertz CT molecular complexity index is 409. The molecule has 0 aromatic heterocycles. The van der Waals surface area contributed by atoms with E-state index in [-0.39, 0.29) is 24.2 Å². The second-order valence-electron chi connectivity index (χ2n) is 4.73. The van der Waals surface area contributed by atoms with E-state index in [0.29, 0.717) is 6.54 Å². The van der Waals surface area contributed by atoms with Crippen LogP contribution < -0.4 is 11.1 Å². The number of nitrogens with two attached hydrogens (primary N) is 1. The third-order valence-electron chi connectivity index (χ3n) is 2.87. The number of hydrogen-bond acceptors (Lipinski definition) is 3. The molecule has 0 fully saturated rings. The summed E-state index contributed by atoms with van der Waals surface area (Å²) >= 11 is 0. The van der Waals surface area contributed by atoms with E-state index in [2.05, 4.69) is 5.32 Å². The highest BCUT2D eigenvalue weighted by Crippen LogP contribution is 2.12. The Hall–Kier alpha value is -1.46. The van der Waals surface area contributed by atoms with Crippen molar-refractivity contribution in [3.05, 3.63) is 30.1 Å². The predicted molar refractivity (Wildman–Crippen MR) is 75.4 cm³/mol. The summed E-state index contributed by atoms with van der Waals surface area (Å²) in [5.74, 6) is -0.635. The third-order valence-corrected chi connectivity index (χ3v) is 2.87. The molecule has 0 atom stereocenters. The van der Waals surface area contributed by atoms with Gasteiger partial charge in [0.15, 0.2) is 0 Å². The van der Waals surface area contributed by atoms with Crippen LogP contribution in [0.1, 0.15) is 20.3 Å². The average Bonchev–Trinajstić information content (AvgIpc) is 2.37. The van der Waals surface area contributed by atoms with Gasteiger partial charge in [0.05, 0.1) is 12.2 Å². The molecule has 0 aliphatic heterocycles. The molecule has 0 aliphatic carbocycles. The molecule has 5 heteroatoms. The lowest BCUT2D eigenvalue weighted by Crippen LogP contribution is -2.39. The number of rotatable bonds is 7. The van der Waals surface area contributed by atoms with Gasteiger partial charge >= 0.3 is 0 Å². The zero-order valence-corrected chi connectivity index (χ0v) is 11.5. The SMILES string of the molecule is CC(C)N(CCCN)CC(=O)Nc1ccccc1F. The van der Waals surface area contributed by atoms with Crippen molar-refractivity contribution in [2.75, 3.05) is 25.0 Å². The highest BCUT2D eigenvalue weighted by atomic mass is 19.1. The Morgan fingerprint density at radius 2 is 2.11 bits per heavy atom. The first kappa shape index (κ1) is 15.6. The van der Waals surface area contributed by atoms with Crippen molar-refractivity contribution in [2.45, 2.75) is 26.3 Å². The molecular formula is C14H22FN3O. The van der Waals surface area contributed by atoms with E-state index >= 15 is 0 Å². The number of hydrogen-bond donors (Lipinski definition) is 2. The van der Waals surface area contributed by atoms with Crippen molar-refractivity contribution in [3.63, 3.8) is 0 Å². The van der Waals surface area contributed by atoms with Gasteiger partial charge in [0.2, 0.25) is 5.91 Å². The Morgan fingerprint density at radius 3 is 2.68 bits per heavy atom. The standard InChI is InChI=1S/C14H22FN3O/c1-11(2)18(9-5-8-16)10-14(19)17-13-7-4-3-6-12(13)15/h3-4,6-7,11H,5,8-10,16H2,1-2H3,(H,17,19). The van der Waals surface area contributed by atoms with E-state index in [9.17, 15) is 9.18 Å². The number of amides is 1. The lowest BCUT2D eigenvalue weighted by molar-refractivity contribution is -0.117. The van der Waals surface area contributed by atoms with E-state index in [0.717, 1.165) is 13.0 Å². The normalized spacial score (nSPS) is 11.1. The fraction of sp³-hybridized carbons (Fsp3) is 0.500. The lowest BCUT2D eigenvalue weighted by Gasteiger charge is -2.25. The first-order valence-corrected chi connectivity index (χ1v) is 6.53. The molecule has 1 aromatic carbocycles. The van der Waals surface area contributed by atoms with Crippen LogP contribution >= 0.6 is 0 Å². The Kier molecular flexibility index (Phi) is 6.45. The van der Waals surface area contributed by atoms with Gasteiger partial charge in [-0.05, 0) is 38.9 Å². The van der Waals surface area contributed by atoms with Gasteiger partial charge in [-0.2, -0.15) is 0 Å². The molecule has 0 heterocycles. The van der Waals surface area contributed by atoms with Crippen LogP contribution in [0.2, 0.25) is 0 Å². The molecule has 1 aromatic rings. The molecule has 0 spiro atoms. The molecule has 0 aliphatic rings. The summed E-state index contributed by atoms with van der Waals surface area (Å²) in [6, 6.07) is 6.40. The number of para-hydroxylation sites is 1. The topological polar surface area (TPSA) is 58.4 Å². The van der Waals surface area contributed by atoms with Gasteiger partial charge < -0.3 is 11.1 Å². The number of nitrogens with zero attached hydrogens (tertiary/aromatic N) is 1. The molecule has 1 rings (SSSR count). The van der Waals surface area contributed by atoms with Gasteiger partial charge in [0.25, 0.3) is 0 Å². The molecule has 19 heavy (non-hydrogen) atoms. The minimum atomic E-state index is -0.422. The quantitative estimate of drug-likeness (QED) is 0.792. The first-order chi connectivity index (χ1) is 9.04. The predicted octanol–water partition coefficient (Wildman–Crippen LogP) is 1.82. The van der Waals surface area contributed by atoms with E-state index in [4.69, 9.17) is 5.73 Å². The molecule has 0 radical (unpaired) electrons. The summed E-state index contributed by atoms with van der Waals surface area (Å²) in [6.07, 6.45) is 0.838. The number of anilines is 1. The van der Waals surface area contributed by atoms with Gasteiger partial charge in [-0.15, -0.1) is 0 Å². The van der Waals surface area contributed by atoms with Crippen LogP contribution in [0, 0.1) is 5.82 Å². The zero-order valence-electron chi connectivity index (χ0n) is 11.5. The van der Waals surface area contributed by atoms with Crippen LogP contribution in [0.4, 0.5) is 10.1 Å². The van der Waals surface area contributed by atoms with Crippen molar-refractivity contribution < 1.29 is 9.18 Å². The summed E-state index contributed by atoms with van der Waals surface area (Å²) in [5.41, 5.74) is 5.69. The molecule has 1 amide bonds. The smallest absolute Gasteiger partial charge is 0.238 e. The number of carbonyl (C=O) groups excluding carboxylic acids is 1. The van der Waals surface area contributed by atoms with Crippen LogP contribution in [0.15, 0.2) is 24.3 Å². The van der Waals surface area contributed by atoms with E-state index in [1.54, 1.807) is 18.2 Å². The number of carbonyl (C=O) groups is 1. The summed E-state index contributed by atoms with van der Waals surface area (Å²) in [4.78, 5) is 13.9. The molecule has 0 bridgehead atoms. The molecule has 0 unspecified atom stereocenters. The monoisotopic (exact) mass is 267 g/mol. The molecule has 0 saturated carbocycles. The van der Waals surface area contributed by atoms with Gasteiger partial charge in [-0.3, -0.25) is 9.69 Å². The van der Waals surface area contributed by atoms with Crippen molar-refractivity contribution in [1.29, 1.82) is 0 Å². The lowest BCUT2D eigenvalue weighted by atomic mass is 10.2. The maximum Gasteiger partial charge on any atom is 0.238 e. The molecule has 106 valence electrons. The fourth-order valence-electron chi connectivity index (χ4n) is 1.75. The van der Waals surface area contributed by atoms with Crippen LogP contribution in [0.5, 0.6) is 0 Å². The number of halogens is 1. The zero-order chi connectivity index (χ0) is 14.3. The molecule has 0 saturated heterocycles. The highest BCUT2D eigenvalue weighted by molar-refractivity contribution is 5.92. The number of benzene rings is 1. The second kappa shape index (κ2) is 7.86. The number of nitrogens with one attached hydrogen (secondary N) is 1. The van der Waals surface area contributed by atoms with Crippen molar-refractivity contribution in [2.24, 2.45) is 5.73 Å². The molecule has 4 nitrogen and oxygen atoms in total. The maximum absolute atomic E-state index is 13.4. The maximum atomic E-state index is 13.4. The summed E-state index contributed by atoms with van der Waals surface area (Å²) < 4.78 is 13.4. The van der Waals surface area contributed by atoms with Crippen LogP contribution in [-0.4, -0.2) is 36.5 Å². The van der Waals surface area contributed by atoms with Crippen molar-refractivity contribution in [3.8, 4) is 0 Å². The highest BCUT2D eigenvalue weighted by Gasteiger charge is 2.14. The Labute approximate surface area is 113 Å². The second-order valence-corrected chi connectivity index (χ2v) is 4.73. The van der Waals surface area contributed by atoms with E-state index in [1.807, 2.05) is 18.7 Å². The van der Waals surface area contributed by atoms with Gasteiger partial charge in [-0.1, -0.05) is 12.1 Å². The van der Waals surface area contributed by atoms with Crippen LogP contribution in [0.25, 0.3) is 0 Å². The minimum Gasteiger partial charge on any atom is -0.330 e.